The van der Waals surface area contributed by atoms with E-state index in [1.807, 2.05) is 60.7 Å². The molecule has 0 spiro atoms. The van der Waals surface area contributed by atoms with E-state index < -0.39 is 22.0 Å². The lowest BCUT2D eigenvalue weighted by atomic mass is 9.84. The van der Waals surface area contributed by atoms with E-state index in [2.05, 4.69) is 0 Å². The van der Waals surface area contributed by atoms with Gasteiger partial charge in [0, 0.05) is 18.2 Å². The molecule has 0 radical (unpaired) electrons. The Hall–Kier alpha value is -2.67. The molecule has 0 fully saturated rings. The van der Waals surface area contributed by atoms with E-state index in [1.165, 1.54) is 6.26 Å². The molecule has 3 N–H and O–H groups in total. The van der Waals surface area contributed by atoms with E-state index in [-0.39, 0.29) is 17.4 Å². The van der Waals surface area contributed by atoms with Crippen LogP contribution in [0.5, 0.6) is 5.75 Å². The lowest BCUT2D eigenvalue weighted by Gasteiger charge is -2.29. The molecule has 3 aromatic rings. The first-order chi connectivity index (χ1) is 14.3. The van der Waals surface area contributed by atoms with E-state index >= 15 is 0 Å². The second kappa shape index (κ2) is 9.89. The summed E-state index contributed by atoms with van der Waals surface area (Å²) in [5, 5.41) is 10.7. The van der Waals surface area contributed by atoms with E-state index in [9.17, 15) is 13.5 Å². The van der Waals surface area contributed by atoms with Crippen LogP contribution in [-0.2, 0) is 16.3 Å². The summed E-state index contributed by atoms with van der Waals surface area (Å²) in [5.41, 5.74) is 8.44. The van der Waals surface area contributed by atoms with Crippen molar-refractivity contribution < 1.29 is 18.3 Å². The Morgan fingerprint density at radius 2 is 1.47 bits per heavy atom. The SMILES string of the molecule is CS(=O)(=O)c1ccc(C(Cc2ccccc2)C(N)C(O)COc2ccccc2)cc1. The van der Waals surface area contributed by atoms with Crippen LogP contribution in [0, 0.1) is 0 Å². The minimum atomic E-state index is -3.28. The van der Waals surface area contributed by atoms with Crippen molar-refractivity contribution in [1.29, 1.82) is 0 Å². The Morgan fingerprint density at radius 1 is 0.900 bits per heavy atom. The highest BCUT2D eigenvalue weighted by atomic mass is 32.2. The Kier molecular flexibility index (Phi) is 7.26. The fourth-order valence-corrected chi connectivity index (χ4v) is 4.01. The first-order valence-electron chi connectivity index (χ1n) is 9.80. The molecule has 158 valence electrons. The van der Waals surface area contributed by atoms with Crippen LogP contribution in [0.1, 0.15) is 17.0 Å². The number of aliphatic hydroxyl groups excluding tert-OH is 1. The van der Waals surface area contributed by atoms with Crippen LogP contribution in [0.3, 0.4) is 0 Å². The van der Waals surface area contributed by atoms with Crippen molar-refractivity contribution in [2.75, 3.05) is 12.9 Å². The summed E-state index contributed by atoms with van der Waals surface area (Å²) in [6.07, 6.45) is 0.899. The maximum absolute atomic E-state index is 11.8. The van der Waals surface area contributed by atoms with Crippen LogP contribution in [0.15, 0.2) is 89.8 Å². The molecule has 0 saturated carbocycles. The number of benzene rings is 3. The molecule has 3 atom stereocenters. The number of para-hydroxylation sites is 1. The monoisotopic (exact) mass is 425 g/mol. The van der Waals surface area contributed by atoms with Crippen molar-refractivity contribution in [2.45, 2.75) is 29.4 Å². The normalized spacial score (nSPS) is 14.6. The Morgan fingerprint density at radius 3 is 2.03 bits per heavy atom. The van der Waals surface area contributed by atoms with E-state index in [0.29, 0.717) is 12.2 Å². The lowest BCUT2D eigenvalue weighted by Crippen LogP contribution is -2.44. The van der Waals surface area contributed by atoms with Gasteiger partial charge in [-0.1, -0.05) is 60.7 Å². The standard InChI is InChI=1S/C24H27NO4S/c1-30(27,28)21-14-12-19(13-15-21)22(16-18-8-4-2-5-9-18)24(25)23(26)17-29-20-10-6-3-7-11-20/h2-15,22-24,26H,16-17,25H2,1H3. The van der Waals surface area contributed by atoms with Gasteiger partial charge in [0.1, 0.15) is 18.5 Å². The number of aliphatic hydroxyl groups is 1. The molecule has 3 rings (SSSR count). The zero-order chi connectivity index (χ0) is 21.6. The van der Waals surface area contributed by atoms with Crippen molar-refractivity contribution in [2.24, 2.45) is 5.73 Å². The Bertz CT molecular complexity index is 1020. The van der Waals surface area contributed by atoms with E-state index in [1.54, 1.807) is 24.3 Å². The first-order valence-corrected chi connectivity index (χ1v) is 11.7. The van der Waals surface area contributed by atoms with Crippen molar-refractivity contribution in [1.82, 2.24) is 0 Å². The predicted molar refractivity (Wildman–Crippen MR) is 118 cm³/mol. The summed E-state index contributed by atoms with van der Waals surface area (Å²) in [4.78, 5) is 0.256. The molecule has 0 amide bonds. The minimum Gasteiger partial charge on any atom is -0.491 e. The number of hydrogen-bond acceptors (Lipinski definition) is 5. The quantitative estimate of drug-likeness (QED) is 0.550. The lowest BCUT2D eigenvalue weighted by molar-refractivity contribution is 0.0766. The van der Waals surface area contributed by atoms with Crippen LogP contribution < -0.4 is 10.5 Å². The predicted octanol–water partition coefficient (Wildman–Crippen LogP) is 3.18. The van der Waals surface area contributed by atoms with Gasteiger partial charge in [0.2, 0.25) is 0 Å². The van der Waals surface area contributed by atoms with Gasteiger partial charge in [0.25, 0.3) is 0 Å². The van der Waals surface area contributed by atoms with Crippen LogP contribution in [0.2, 0.25) is 0 Å². The molecule has 3 unspecified atom stereocenters. The molecule has 0 saturated heterocycles. The van der Waals surface area contributed by atoms with Gasteiger partial charge in [-0.2, -0.15) is 0 Å². The second-order valence-corrected chi connectivity index (χ2v) is 9.42. The topological polar surface area (TPSA) is 89.6 Å². The van der Waals surface area contributed by atoms with Gasteiger partial charge in [-0.3, -0.25) is 0 Å². The molecular weight excluding hydrogens is 398 g/mol. The Labute approximate surface area is 178 Å². The fourth-order valence-electron chi connectivity index (χ4n) is 3.38. The smallest absolute Gasteiger partial charge is 0.175 e. The molecule has 0 heterocycles. The van der Waals surface area contributed by atoms with Gasteiger partial charge in [0.15, 0.2) is 9.84 Å². The molecule has 0 aliphatic rings. The molecule has 0 aromatic heterocycles. The van der Waals surface area contributed by atoms with Crippen LogP contribution in [-0.4, -0.2) is 38.5 Å². The summed E-state index contributed by atoms with van der Waals surface area (Å²) in [5.74, 6) is 0.455. The highest BCUT2D eigenvalue weighted by Crippen LogP contribution is 2.27. The molecular formula is C24H27NO4S. The van der Waals surface area contributed by atoms with Gasteiger partial charge >= 0.3 is 0 Å². The van der Waals surface area contributed by atoms with Gasteiger partial charge in [-0.25, -0.2) is 8.42 Å². The molecule has 5 nitrogen and oxygen atoms in total. The van der Waals surface area contributed by atoms with Gasteiger partial charge < -0.3 is 15.6 Å². The van der Waals surface area contributed by atoms with Crippen molar-refractivity contribution in [3.63, 3.8) is 0 Å². The summed E-state index contributed by atoms with van der Waals surface area (Å²) in [7, 11) is -3.28. The van der Waals surface area contributed by atoms with Crippen molar-refractivity contribution in [3.8, 4) is 5.75 Å². The largest absolute Gasteiger partial charge is 0.491 e. The maximum atomic E-state index is 11.8. The summed E-state index contributed by atoms with van der Waals surface area (Å²) >= 11 is 0. The third-order valence-corrected chi connectivity index (χ3v) is 6.24. The van der Waals surface area contributed by atoms with Gasteiger partial charge in [0.05, 0.1) is 4.90 Å². The third-order valence-electron chi connectivity index (χ3n) is 5.11. The van der Waals surface area contributed by atoms with E-state index in [4.69, 9.17) is 10.5 Å². The number of rotatable bonds is 9. The molecule has 30 heavy (non-hydrogen) atoms. The zero-order valence-corrected chi connectivity index (χ0v) is 17.7. The summed E-state index contributed by atoms with van der Waals surface area (Å²) < 4.78 is 29.3. The van der Waals surface area contributed by atoms with E-state index in [0.717, 1.165) is 11.1 Å². The fraction of sp³-hybridized carbons (Fsp3) is 0.250. The molecule has 0 bridgehead atoms. The van der Waals surface area contributed by atoms with Gasteiger partial charge in [-0.05, 0) is 41.8 Å². The van der Waals surface area contributed by atoms with Gasteiger partial charge in [-0.15, -0.1) is 0 Å². The minimum absolute atomic E-state index is 0.0674. The third kappa shape index (κ3) is 5.92. The number of ether oxygens (including phenoxy) is 1. The van der Waals surface area contributed by atoms with Crippen LogP contribution in [0.4, 0.5) is 0 Å². The average molecular weight is 426 g/mol. The molecule has 0 aliphatic carbocycles. The number of sulfone groups is 1. The summed E-state index contributed by atoms with van der Waals surface area (Å²) in [6.45, 7) is 0.0674. The average Bonchev–Trinajstić information content (AvgIpc) is 2.76. The summed E-state index contributed by atoms with van der Waals surface area (Å²) in [6, 6.07) is 25.3. The highest BCUT2D eigenvalue weighted by molar-refractivity contribution is 7.90. The van der Waals surface area contributed by atoms with Crippen molar-refractivity contribution >= 4 is 9.84 Å². The number of nitrogens with two attached hydrogens (primary N) is 1. The highest BCUT2D eigenvalue weighted by Gasteiger charge is 2.27. The molecule has 6 heteroatoms. The zero-order valence-electron chi connectivity index (χ0n) is 16.9. The number of hydrogen-bond donors (Lipinski definition) is 2. The molecule has 3 aromatic carbocycles. The van der Waals surface area contributed by atoms with Crippen LogP contribution >= 0.6 is 0 Å². The van der Waals surface area contributed by atoms with Crippen molar-refractivity contribution in [3.05, 3.63) is 96.1 Å². The van der Waals surface area contributed by atoms with Crippen LogP contribution in [0.25, 0.3) is 0 Å². The first kappa shape index (κ1) is 22.0. The maximum Gasteiger partial charge on any atom is 0.175 e. The second-order valence-electron chi connectivity index (χ2n) is 7.41. The molecule has 0 aliphatic heterocycles. The Balaban J connectivity index is 1.81.